The van der Waals surface area contributed by atoms with E-state index in [2.05, 4.69) is 44.3 Å². The first-order valence-electron chi connectivity index (χ1n) is 7.06. The largest absolute Gasteiger partial charge is 0.395 e. The topological polar surface area (TPSA) is 35.5 Å². The molecule has 0 aliphatic heterocycles. The number of nitrogens with zero attached hydrogens (tertiary/aromatic N) is 1. The van der Waals surface area contributed by atoms with Crippen molar-refractivity contribution < 1.29 is 5.11 Å². The summed E-state index contributed by atoms with van der Waals surface area (Å²) in [4.78, 5) is 2.36. The molecule has 1 aliphatic rings. The van der Waals surface area contributed by atoms with Gasteiger partial charge in [-0.2, -0.15) is 0 Å². The molecule has 1 fully saturated rings. The Bertz CT molecular complexity index is 405. The molecule has 1 aliphatic carbocycles. The first-order chi connectivity index (χ1) is 9.26. The van der Waals surface area contributed by atoms with Crippen LogP contribution in [0.2, 0.25) is 0 Å². The number of nitrogens with one attached hydrogen (secondary N) is 1. The molecule has 0 bridgehead atoms. The molecule has 2 N–H and O–H groups in total. The lowest BCUT2D eigenvalue weighted by Crippen LogP contribution is -2.35. The Morgan fingerprint density at radius 2 is 2.11 bits per heavy atom. The van der Waals surface area contributed by atoms with Gasteiger partial charge in [-0.15, -0.1) is 0 Å². The van der Waals surface area contributed by atoms with Crippen molar-refractivity contribution >= 4 is 21.6 Å². The Kier molecular flexibility index (Phi) is 5.67. The van der Waals surface area contributed by atoms with Gasteiger partial charge in [0.05, 0.1) is 12.3 Å². The van der Waals surface area contributed by atoms with Crippen LogP contribution in [0, 0.1) is 0 Å². The van der Waals surface area contributed by atoms with Crippen molar-refractivity contribution in [2.75, 3.05) is 25.1 Å². The second-order valence-corrected chi connectivity index (χ2v) is 6.03. The Morgan fingerprint density at radius 1 is 1.37 bits per heavy atom. The molecule has 19 heavy (non-hydrogen) atoms. The third-order valence-corrected chi connectivity index (χ3v) is 4.44. The lowest BCUT2D eigenvalue weighted by atomic mass is 10.1. The highest BCUT2D eigenvalue weighted by atomic mass is 79.9. The van der Waals surface area contributed by atoms with Crippen molar-refractivity contribution in [3.8, 4) is 0 Å². The summed E-state index contributed by atoms with van der Waals surface area (Å²) in [5, 5.41) is 12.5. The summed E-state index contributed by atoms with van der Waals surface area (Å²) >= 11 is 3.68. The summed E-state index contributed by atoms with van der Waals surface area (Å²) in [5.74, 6) is 0. The number of hydrogen-bond acceptors (Lipinski definition) is 3. The van der Waals surface area contributed by atoms with Crippen LogP contribution in [0.4, 0.5) is 5.69 Å². The first kappa shape index (κ1) is 14.8. The van der Waals surface area contributed by atoms with E-state index in [1.165, 1.54) is 36.9 Å². The molecule has 1 aromatic rings. The van der Waals surface area contributed by atoms with Crippen LogP contribution in [0.15, 0.2) is 22.7 Å². The van der Waals surface area contributed by atoms with E-state index in [1.807, 2.05) is 7.05 Å². The lowest BCUT2D eigenvalue weighted by Gasteiger charge is -2.31. The van der Waals surface area contributed by atoms with Crippen LogP contribution in [0.25, 0.3) is 0 Å². The van der Waals surface area contributed by atoms with Gasteiger partial charge in [-0.3, -0.25) is 0 Å². The van der Waals surface area contributed by atoms with Gasteiger partial charge in [0, 0.05) is 23.6 Å². The molecule has 0 aromatic heterocycles. The average Bonchev–Trinajstić information content (AvgIpc) is 2.91. The van der Waals surface area contributed by atoms with Gasteiger partial charge in [0.25, 0.3) is 0 Å². The maximum Gasteiger partial charge on any atom is 0.0606 e. The summed E-state index contributed by atoms with van der Waals surface area (Å²) in [5.41, 5.74) is 2.48. The SMILES string of the molecule is CNCc1ccc(N(CCO)C2CCCC2)c(Br)c1. The zero-order valence-corrected chi connectivity index (χ0v) is 13.1. The zero-order valence-electron chi connectivity index (χ0n) is 11.5. The molecule has 106 valence electrons. The predicted octanol–water partition coefficient (Wildman–Crippen LogP) is 2.91. The standard InChI is InChI=1S/C15H23BrN2O/c1-17-11-12-6-7-15(14(16)10-12)18(8-9-19)13-4-2-3-5-13/h6-7,10,13,17,19H,2-5,8-9,11H2,1H3. The summed E-state index contributed by atoms with van der Waals surface area (Å²) in [6, 6.07) is 7.09. The van der Waals surface area contributed by atoms with Crippen molar-refractivity contribution in [2.45, 2.75) is 38.3 Å². The van der Waals surface area contributed by atoms with Gasteiger partial charge >= 0.3 is 0 Å². The van der Waals surface area contributed by atoms with Crippen LogP contribution in [-0.2, 0) is 6.54 Å². The summed E-state index contributed by atoms with van der Waals surface area (Å²) in [6.45, 7) is 1.80. The van der Waals surface area contributed by atoms with Crippen LogP contribution in [0.5, 0.6) is 0 Å². The van der Waals surface area contributed by atoms with Crippen molar-refractivity contribution in [3.05, 3.63) is 28.2 Å². The fraction of sp³-hybridized carbons (Fsp3) is 0.600. The molecule has 3 nitrogen and oxygen atoms in total. The minimum absolute atomic E-state index is 0.210. The Hall–Kier alpha value is -0.580. The Balaban J connectivity index is 2.20. The number of aliphatic hydroxyl groups excluding tert-OH is 1. The van der Waals surface area contributed by atoms with Gasteiger partial charge in [-0.1, -0.05) is 18.9 Å². The van der Waals surface area contributed by atoms with Crippen molar-refractivity contribution in [1.29, 1.82) is 0 Å². The maximum atomic E-state index is 9.32. The van der Waals surface area contributed by atoms with E-state index in [-0.39, 0.29) is 6.61 Å². The molecular weight excluding hydrogens is 304 g/mol. The normalized spacial score (nSPS) is 15.9. The number of halogens is 1. The third kappa shape index (κ3) is 3.71. The van der Waals surface area contributed by atoms with E-state index in [0.29, 0.717) is 12.6 Å². The molecule has 0 radical (unpaired) electrons. The molecule has 1 aromatic carbocycles. The highest BCUT2D eigenvalue weighted by molar-refractivity contribution is 9.10. The van der Waals surface area contributed by atoms with Crippen LogP contribution >= 0.6 is 15.9 Å². The first-order valence-corrected chi connectivity index (χ1v) is 7.86. The molecule has 1 saturated carbocycles. The second kappa shape index (κ2) is 7.27. The smallest absolute Gasteiger partial charge is 0.0606 e. The van der Waals surface area contributed by atoms with E-state index >= 15 is 0 Å². The Morgan fingerprint density at radius 3 is 2.68 bits per heavy atom. The van der Waals surface area contributed by atoms with E-state index in [0.717, 1.165) is 11.0 Å². The zero-order chi connectivity index (χ0) is 13.7. The van der Waals surface area contributed by atoms with Crippen LogP contribution < -0.4 is 10.2 Å². The fourth-order valence-electron chi connectivity index (χ4n) is 2.92. The van der Waals surface area contributed by atoms with E-state index in [4.69, 9.17) is 0 Å². The van der Waals surface area contributed by atoms with Gasteiger partial charge in [0.15, 0.2) is 0 Å². The predicted molar refractivity (Wildman–Crippen MR) is 83.6 cm³/mol. The molecule has 0 heterocycles. The number of hydrogen-bond donors (Lipinski definition) is 2. The highest BCUT2D eigenvalue weighted by Crippen LogP contribution is 2.33. The van der Waals surface area contributed by atoms with Gasteiger partial charge in [0.1, 0.15) is 0 Å². The van der Waals surface area contributed by atoms with Gasteiger partial charge in [-0.05, 0) is 53.5 Å². The molecular formula is C15H23BrN2O. The Labute approximate surface area is 124 Å². The molecule has 0 unspecified atom stereocenters. The van der Waals surface area contributed by atoms with Gasteiger partial charge in [0.2, 0.25) is 0 Å². The van der Waals surface area contributed by atoms with E-state index in [1.54, 1.807) is 0 Å². The molecule has 4 heteroatoms. The van der Waals surface area contributed by atoms with Crippen LogP contribution in [-0.4, -0.2) is 31.3 Å². The molecule has 0 amide bonds. The van der Waals surface area contributed by atoms with Crippen LogP contribution in [0.1, 0.15) is 31.2 Å². The summed E-state index contributed by atoms with van der Waals surface area (Å²) in [7, 11) is 1.96. The van der Waals surface area contributed by atoms with E-state index in [9.17, 15) is 5.11 Å². The quantitative estimate of drug-likeness (QED) is 0.843. The van der Waals surface area contributed by atoms with E-state index < -0.39 is 0 Å². The second-order valence-electron chi connectivity index (χ2n) is 5.17. The van der Waals surface area contributed by atoms with Crippen LogP contribution in [0.3, 0.4) is 0 Å². The third-order valence-electron chi connectivity index (χ3n) is 3.81. The summed E-state index contributed by atoms with van der Waals surface area (Å²) < 4.78 is 1.13. The number of benzene rings is 1. The summed E-state index contributed by atoms with van der Waals surface area (Å²) in [6.07, 6.45) is 5.10. The number of rotatable bonds is 6. The maximum absolute atomic E-state index is 9.32. The minimum atomic E-state index is 0.210. The highest BCUT2D eigenvalue weighted by Gasteiger charge is 2.23. The molecule has 2 rings (SSSR count). The average molecular weight is 327 g/mol. The van der Waals surface area contributed by atoms with Gasteiger partial charge < -0.3 is 15.3 Å². The van der Waals surface area contributed by atoms with Gasteiger partial charge in [-0.25, -0.2) is 0 Å². The van der Waals surface area contributed by atoms with Crippen molar-refractivity contribution in [2.24, 2.45) is 0 Å². The fourth-order valence-corrected chi connectivity index (χ4v) is 3.57. The monoisotopic (exact) mass is 326 g/mol. The molecule has 0 atom stereocenters. The van der Waals surface area contributed by atoms with Crippen molar-refractivity contribution in [3.63, 3.8) is 0 Å². The lowest BCUT2D eigenvalue weighted by molar-refractivity contribution is 0.297. The molecule has 0 spiro atoms. The number of anilines is 1. The minimum Gasteiger partial charge on any atom is -0.395 e. The molecule has 0 saturated heterocycles. The van der Waals surface area contributed by atoms with Crippen molar-refractivity contribution in [1.82, 2.24) is 5.32 Å². The number of aliphatic hydroxyl groups is 1.